The van der Waals surface area contributed by atoms with Crippen LogP contribution >= 0.6 is 11.3 Å². The normalized spacial score (nSPS) is 10.5. The summed E-state index contributed by atoms with van der Waals surface area (Å²) in [4.78, 5) is 15.8. The molecule has 0 saturated carbocycles. The maximum atomic E-state index is 11.0. The number of rotatable bonds is 6. The number of hydrogen-bond donors (Lipinski definition) is 2. The van der Waals surface area contributed by atoms with Crippen LogP contribution < -0.4 is 5.32 Å². The minimum Gasteiger partial charge on any atom is -0.476 e. The SMILES string of the molecule is COCCc1ccccc1Nc1nc(C(=O)O)c(C)s1. The number of hydrogen-bond acceptors (Lipinski definition) is 5. The van der Waals surface area contributed by atoms with Gasteiger partial charge in [-0.15, -0.1) is 11.3 Å². The fourth-order valence-electron chi connectivity index (χ4n) is 1.84. The Labute approximate surface area is 121 Å². The number of para-hydroxylation sites is 1. The highest BCUT2D eigenvalue weighted by Gasteiger charge is 2.14. The molecule has 5 nitrogen and oxygen atoms in total. The molecule has 20 heavy (non-hydrogen) atoms. The number of nitrogens with zero attached hydrogens (tertiary/aromatic N) is 1. The van der Waals surface area contributed by atoms with Crippen LogP contribution in [0, 0.1) is 6.92 Å². The second-order valence-corrected chi connectivity index (χ2v) is 5.46. The van der Waals surface area contributed by atoms with E-state index in [0.29, 0.717) is 16.6 Å². The Morgan fingerprint density at radius 1 is 1.45 bits per heavy atom. The summed E-state index contributed by atoms with van der Waals surface area (Å²) >= 11 is 1.34. The van der Waals surface area contributed by atoms with Gasteiger partial charge in [0.25, 0.3) is 0 Å². The molecule has 0 unspecified atom stereocenters. The van der Waals surface area contributed by atoms with Crippen molar-refractivity contribution in [2.75, 3.05) is 19.0 Å². The number of nitrogens with one attached hydrogen (secondary N) is 1. The highest BCUT2D eigenvalue weighted by molar-refractivity contribution is 7.15. The molecule has 0 spiro atoms. The van der Waals surface area contributed by atoms with Crippen molar-refractivity contribution in [2.24, 2.45) is 0 Å². The van der Waals surface area contributed by atoms with Crippen LogP contribution in [0.3, 0.4) is 0 Å². The number of carboxylic acid groups (broad SMARTS) is 1. The van der Waals surface area contributed by atoms with Crippen LogP contribution in [-0.4, -0.2) is 29.8 Å². The van der Waals surface area contributed by atoms with Crippen molar-refractivity contribution in [3.05, 3.63) is 40.4 Å². The topological polar surface area (TPSA) is 71.5 Å². The molecule has 0 radical (unpaired) electrons. The maximum absolute atomic E-state index is 11.0. The lowest BCUT2D eigenvalue weighted by Gasteiger charge is -2.09. The van der Waals surface area contributed by atoms with Crippen LogP contribution in [0.2, 0.25) is 0 Å². The Kier molecular flexibility index (Phi) is 4.70. The molecule has 1 aromatic heterocycles. The van der Waals surface area contributed by atoms with Gasteiger partial charge in [-0.3, -0.25) is 0 Å². The monoisotopic (exact) mass is 292 g/mol. The van der Waals surface area contributed by atoms with Crippen LogP contribution in [0.1, 0.15) is 20.9 Å². The van der Waals surface area contributed by atoms with Crippen molar-refractivity contribution >= 4 is 28.1 Å². The van der Waals surface area contributed by atoms with Gasteiger partial charge < -0.3 is 15.2 Å². The summed E-state index contributed by atoms with van der Waals surface area (Å²) in [5, 5.41) is 12.8. The predicted molar refractivity (Wildman–Crippen MR) is 79.1 cm³/mol. The van der Waals surface area contributed by atoms with Gasteiger partial charge >= 0.3 is 5.97 Å². The van der Waals surface area contributed by atoms with E-state index in [0.717, 1.165) is 17.7 Å². The summed E-state index contributed by atoms with van der Waals surface area (Å²) < 4.78 is 5.09. The van der Waals surface area contributed by atoms with Gasteiger partial charge in [-0.2, -0.15) is 0 Å². The second kappa shape index (κ2) is 6.49. The molecule has 0 fully saturated rings. The Hall–Kier alpha value is -1.92. The van der Waals surface area contributed by atoms with E-state index in [9.17, 15) is 4.79 Å². The molecular formula is C14H16N2O3S. The molecule has 0 saturated heterocycles. The Bertz CT molecular complexity index is 610. The van der Waals surface area contributed by atoms with Crippen molar-refractivity contribution in [1.82, 2.24) is 4.98 Å². The van der Waals surface area contributed by atoms with E-state index >= 15 is 0 Å². The first-order chi connectivity index (χ1) is 9.61. The van der Waals surface area contributed by atoms with Gasteiger partial charge in [-0.25, -0.2) is 9.78 Å². The van der Waals surface area contributed by atoms with Crippen molar-refractivity contribution in [3.8, 4) is 0 Å². The molecule has 2 aromatic rings. The van der Waals surface area contributed by atoms with Crippen molar-refractivity contribution in [3.63, 3.8) is 0 Å². The first-order valence-electron chi connectivity index (χ1n) is 6.16. The van der Waals surface area contributed by atoms with Gasteiger partial charge in [0.05, 0.1) is 6.61 Å². The molecule has 1 heterocycles. The molecule has 0 aliphatic heterocycles. The molecule has 0 amide bonds. The summed E-state index contributed by atoms with van der Waals surface area (Å²) in [7, 11) is 1.67. The first kappa shape index (κ1) is 14.5. The van der Waals surface area contributed by atoms with E-state index in [4.69, 9.17) is 9.84 Å². The van der Waals surface area contributed by atoms with Crippen LogP contribution in [0.4, 0.5) is 10.8 Å². The molecule has 106 valence electrons. The standard InChI is InChI=1S/C14H16N2O3S/c1-9-12(13(17)18)16-14(20-9)15-11-6-4-3-5-10(11)7-8-19-2/h3-6H,7-8H2,1-2H3,(H,15,16)(H,17,18). The van der Waals surface area contributed by atoms with Crippen LogP contribution in [0.25, 0.3) is 0 Å². The Morgan fingerprint density at radius 3 is 2.85 bits per heavy atom. The molecule has 0 aliphatic carbocycles. The first-order valence-corrected chi connectivity index (χ1v) is 6.98. The second-order valence-electron chi connectivity index (χ2n) is 4.25. The van der Waals surface area contributed by atoms with Crippen LogP contribution in [-0.2, 0) is 11.2 Å². The summed E-state index contributed by atoms with van der Waals surface area (Å²) in [6.07, 6.45) is 0.788. The molecular weight excluding hydrogens is 276 g/mol. The Morgan fingerprint density at radius 2 is 2.20 bits per heavy atom. The fraction of sp³-hybridized carbons (Fsp3) is 0.286. The zero-order valence-electron chi connectivity index (χ0n) is 11.3. The average molecular weight is 292 g/mol. The van der Waals surface area contributed by atoms with E-state index in [1.807, 2.05) is 24.3 Å². The van der Waals surface area contributed by atoms with E-state index in [2.05, 4.69) is 10.3 Å². The van der Waals surface area contributed by atoms with Crippen molar-refractivity contribution in [1.29, 1.82) is 0 Å². The quantitative estimate of drug-likeness (QED) is 0.856. The number of ether oxygens (including phenoxy) is 1. The van der Waals surface area contributed by atoms with Gasteiger partial charge in [-0.05, 0) is 25.0 Å². The number of thiazole rings is 1. The predicted octanol–water partition coefficient (Wildman–Crippen LogP) is 3.08. The van der Waals surface area contributed by atoms with E-state index in [1.165, 1.54) is 11.3 Å². The summed E-state index contributed by atoms with van der Waals surface area (Å²) in [5.41, 5.74) is 2.14. The minimum absolute atomic E-state index is 0.104. The summed E-state index contributed by atoms with van der Waals surface area (Å²) in [6.45, 7) is 2.39. The van der Waals surface area contributed by atoms with E-state index in [-0.39, 0.29) is 5.69 Å². The minimum atomic E-state index is -1.00. The zero-order chi connectivity index (χ0) is 14.5. The Balaban J connectivity index is 2.21. The lowest BCUT2D eigenvalue weighted by Crippen LogP contribution is -2.01. The van der Waals surface area contributed by atoms with Gasteiger partial charge in [0.1, 0.15) is 0 Å². The van der Waals surface area contributed by atoms with Gasteiger partial charge in [0.15, 0.2) is 10.8 Å². The van der Waals surface area contributed by atoms with Crippen molar-refractivity contribution in [2.45, 2.75) is 13.3 Å². The zero-order valence-corrected chi connectivity index (χ0v) is 12.2. The molecule has 0 aliphatic rings. The van der Waals surface area contributed by atoms with E-state index < -0.39 is 5.97 Å². The average Bonchev–Trinajstić information content (AvgIpc) is 2.79. The van der Waals surface area contributed by atoms with E-state index in [1.54, 1.807) is 14.0 Å². The van der Waals surface area contributed by atoms with Crippen molar-refractivity contribution < 1.29 is 14.6 Å². The molecule has 0 atom stereocenters. The number of carbonyl (C=O) groups is 1. The van der Waals surface area contributed by atoms with Gasteiger partial charge in [0.2, 0.25) is 0 Å². The molecule has 2 rings (SSSR count). The number of aromatic carboxylic acids is 1. The fourth-order valence-corrected chi connectivity index (χ4v) is 2.65. The summed E-state index contributed by atoms with van der Waals surface area (Å²) in [6, 6.07) is 7.85. The number of aryl methyl sites for hydroxylation is 1. The number of anilines is 2. The summed E-state index contributed by atoms with van der Waals surface area (Å²) in [5.74, 6) is -1.00. The van der Waals surface area contributed by atoms with Crippen LogP contribution in [0.15, 0.2) is 24.3 Å². The number of carboxylic acids is 1. The smallest absolute Gasteiger partial charge is 0.355 e. The number of benzene rings is 1. The van der Waals surface area contributed by atoms with Crippen LogP contribution in [0.5, 0.6) is 0 Å². The third-order valence-electron chi connectivity index (χ3n) is 2.83. The third-order valence-corrected chi connectivity index (χ3v) is 3.72. The number of aromatic nitrogens is 1. The van der Waals surface area contributed by atoms with Gasteiger partial charge in [0, 0.05) is 17.7 Å². The molecule has 0 bridgehead atoms. The maximum Gasteiger partial charge on any atom is 0.355 e. The number of methoxy groups -OCH3 is 1. The molecule has 6 heteroatoms. The molecule has 2 N–H and O–H groups in total. The third kappa shape index (κ3) is 3.34. The highest BCUT2D eigenvalue weighted by atomic mass is 32.1. The lowest BCUT2D eigenvalue weighted by atomic mass is 10.1. The van der Waals surface area contributed by atoms with Gasteiger partial charge in [-0.1, -0.05) is 18.2 Å². The highest BCUT2D eigenvalue weighted by Crippen LogP contribution is 2.27. The largest absolute Gasteiger partial charge is 0.476 e. The lowest BCUT2D eigenvalue weighted by molar-refractivity contribution is 0.0690. The molecule has 1 aromatic carbocycles.